The van der Waals surface area contributed by atoms with Crippen LogP contribution >= 0.6 is 0 Å². The van der Waals surface area contributed by atoms with Crippen molar-refractivity contribution < 1.29 is 9.53 Å². The first-order valence-electron chi connectivity index (χ1n) is 9.51. The Bertz CT molecular complexity index is 724. The first-order valence-corrected chi connectivity index (χ1v) is 9.51. The molecule has 26 heavy (non-hydrogen) atoms. The number of hydrogen-bond acceptors (Lipinski definition) is 3. The Labute approximate surface area is 156 Å². The quantitative estimate of drug-likeness (QED) is 0.855. The summed E-state index contributed by atoms with van der Waals surface area (Å²) in [6.07, 6.45) is 6.85. The van der Waals surface area contributed by atoms with Crippen molar-refractivity contribution in [1.82, 2.24) is 10.3 Å². The van der Waals surface area contributed by atoms with Gasteiger partial charge in [-0.25, -0.2) is 0 Å². The van der Waals surface area contributed by atoms with Gasteiger partial charge >= 0.3 is 0 Å². The Balaban J connectivity index is 1.84. The van der Waals surface area contributed by atoms with Crippen molar-refractivity contribution in [3.8, 4) is 11.1 Å². The zero-order valence-corrected chi connectivity index (χ0v) is 15.7. The van der Waals surface area contributed by atoms with Gasteiger partial charge in [0.25, 0.3) is 0 Å². The van der Waals surface area contributed by atoms with E-state index in [0.717, 1.165) is 36.8 Å². The van der Waals surface area contributed by atoms with E-state index in [4.69, 9.17) is 4.74 Å². The summed E-state index contributed by atoms with van der Waals surface area (Å²) >= 11 is 0. The Hall–Kier alpha value is -2.20. The zero-order chi connectivity index (χ0) is 18.4. The molecule has 0 bridgehead atoms. The minimum atomic E-state index is -0.376. The van der Waals surface area contributed by atoms with Gasteiger partial charge in [-0.3, -0.25) is 9.78 Å². The molecule has 4 nitrogen and oxygen atoms in total. The molecule has 1 aromatic carbocycles. The van der Waals surface area contributed by atoms with Gasteiger partial charge in [0.05, 0.1) is 5.41 Å². The number of rotatable bonds is 6. The van der Waals surface area contributed by atoms with E-state index in [1.165, 1.54) is 5.56 Å². The van der Waals surface area contributed by atoms with Crippen molar-refractivity contribution >= 4 is 5.91 Å². The van der Waals surface area contributed by atoms with Gasteiger partial charge in [-0.1, -0.05) is 31.2 Å². The third-order valence-corrected chi connectivity index (χ3v) is 5.40. The maximum Gasteiger partial charge on any atom is 0.226 e. The third-order valence-electron chi connectivity index (χ3n) is 5.40. The SMILES string of the molecule is CC[C@H](C)NC(=O)C1(Cc2cccc(-c3ccncc3)c2)CCOCC1. The summed E-state index contributed by atoms with van der Waals surface area (Å²) in [5.74, 6) is 0.171. The summed E-state index contributed by atoms with van der Waals surface area (Å²) in [7, 11) is 0. The second-order valence-corrected chi connectivity index (χ2v) is 7.29. The van der Waals surface area contributed by atoms with Crippen LogP contribution in [-0.2, 0) is 16.0 Å². The number of amides is 1. The minimum Gasteiger partial charge on any atom is -0.381 e. The highest BCUT2D eigenvalue weighted by molar-refractivity contribution is 5.83. The molecule has 1 N–H and O–H groups in total. The van der Waals surface area contributed by atoms with E-state index in [9.17, 15) is 4.79 Å². The topological polar surface area (TPSA) is 51.2 Å². The smallest absolute Gasteiger partial charge is 0.226 e. The van der Waals surface area contributed by atoms with E-state index in [1.807, 2.05) is 24.5 Å². The molecule has 1 aromatic heterocycles. The summed E-state index contributed by atoms with van der Waals surface area (Å²) in [5, 5.41) is 3.20. The maximum atomic E-state index is 13.1. The van der Waals surface area contributed by atoms with Crippen LogP contribution in [0.1, 0.15) is 38.7 Å². The first kappa shape index (κ1) is 18.6. The molecule has 0 radical (unpaired) electrons. The Morgan fingerprint density at radius 1 is 1.19 bits per heavy atom. The fraction of sp³-hybridized carbons (Fsp3) is 0.455. The predicted molar refractivity (Wildman–Crippen MR) is 104 cm³/mol. The van der Waals surface area contributed by atoms with E-state index in [-0.39, 0.29) is 17.4 Å². The zero-order valence-electron chi connectivity index (χ0n) is 15.7. The highest BCUT2D eigenvalue weighted by Gasteiger charge is 2.40. The van der Waals surface area contributed by atoms with Gasteiger partial charge in [-0.15, -0.1) is 0 Å². The molecule has 0 spiro atoms. The largest absolute Gasteiger partial charge is 0.381 e. The van der Waals surface area contributed by atoms with Gasteiger partial charge in [0.2, 0.25) is 5.91 Å². The number of carbonyl (C=O) groups excluding carboxylic acids is 1. The lowest BCUT2D eigenvalue weighted by atomic mass is 9.74. The number of benzene rings is 1. The molecule has 138 valence electrons. The minimum absolute atomic E-state index is 0.171. The fourth-order valence-electron chi connectivity index (χ4n) is 3.52. The van der Waals surface area contributed by atoms with E-state index < -0.39 is 0 Å². The van der Waals surface area contributed by atoms with Crippen LogP contribution in [0.2, 0.25) is 0 Å². The van der Waals surface area contributed by atoms with E-state index >= 15 is 0 Å². The maximum absolute atomic E-state index is 13.1. The van der Waals surface area contributed by atoms with Gasteiger partial charge in [0, 0.05) is 31.6 Å². The standard InChI is InChI=1S/C22H28N2O2/c1-3-17(2)24-21(25)22(9-13-26-14-10-22)16-18-5-4-6-20(15-18)19-7-11-23-12-8-19/h4-8,11-12,15,17H,3,9-10,13-14,16H2,1-2H3,(H,24,25)/t17-/m0/s1. The van der Waals surface area contributed by atoms with Crippen LogP contribution < -0.4 is 5.32 Å². The summed E-state index contributed by atoms with van der Waals surface area (Å²) in [4.78, 5) is 17.2. The molecule has 1 amide bonds. The fourth-order valence-corrected chi connectivity index (χ4v) is 3.52. The number of carbonyl (C=O) groups is 1. The molecule has 1 aliphatic heterocycles. The number of nitrogens with zero attached hydrogens (tertiary/aromatic N) is 1. The van der Waals surface area contributed by atoms with Crippen LogP contribution in [0.4, 0.5) is 0 Å². The van der Waals surface area contributed by atoms with Crippen molar-refractivity contribution in [2.24, 2.45) is 5.41 Å². The molecule has 1 fully saturated rings. The van der Waals surface area contributed by atoms with Crippen LogP contribution in [-0.4, -0.2) is 30.1 Å². The van der Waals surface area contributed by atoms with Crippen molar-refractivity contribution in [3.05, 3.63) is 54.4 Å². The average molecular weight is 352 g/mol. The predicted octanol–water partition coefficient (Wildman–Crippen LogP) is 4.00. The summed E-state index contributed by atoms with van der Waals surface area (Å²) in [5.41, 5.74) is 3.13. The number of hydrogen-bond donors (Lipinski definition) is 1. The molecule has 1 atom stereocenters. The lowest BCUT2D eigenvalue weighted by Gasteiger charge is -2.37. The van der Waals surface area contributed by atoms with E-state index in [0.29, 0.717) is 13.2 Å². The van der Waals surface area contributed by atoms with Crippen LogP contribution in [0.25, 0.3) is 11.1 Å². The highest BCUT2D eigenvalue weighted by atomic mass is 16.5. The first-order chi connectivity index (χ1) is 12.6. The van der Waals surface area contributed by atoms with Crippen molar-refractivity contribution in [1.29, 1.82) is 0 Å². The molecule has 3 rings (SSSR count). The van der Waals surface area contributed by atoms with E-state index in [1.54, 1.807) is 0 Å². The molecular weight excluding hydrogens is 324 g/mol. The lowest BCUT2D eigenvalue weighted by molar-refractivity contribution is -0.137. The van der Waals surface area contributed by atoms with Gasteiger partial charge < -0.3 is 10.1 Å². The molecule has 2 heterocycles. The molecule has 1 saturated heterocycles. The molecule has 1 aliphatic rings. The summed E-state index contributed by atoms with van der Waals surface area (Å²) < 4.78 is 5.55. The van der Waals surface area contributed by atoms with Crippen molar-refractivity contribution in [3.63, 3.8) is 0 Å². The van der Waals surface area contributed by atoms with Gasteiger partial charge in [-0.05, 0) is 61.4 Å². The normalized spacial score (nSPS) is 17.5. The van der Waals surface area contributed by atoms with Gasteiger partial charge in [-0.2, -0.15) is 0 Å². The Morgan fingerprint density at radius 3 is 2.62 bits per heavy atom. The number of pyridine rings is 1. The van der Waals surface area contributed by atoms with Gasteiger partial charge in [0.15, 0.2) is 0 Å². The lowest BCUT2D eigenvalue weighted by Crippen LogP contribution is -2.48. The van der Waals surface area contributed by atoms with E-state index in [2.05, 4.69) is 48.4 Å². The molecule has 0 unspecified atom stereocenters. The molecule has 4 heteroatoms. The second-order valence-electron chi connectivity index (χ2n) is 7.29. The van der Waals surface area contributed by atoms with Crippen LogP contribution in [0, 0.1) is 5.41 Å². The van der Waals surface area contributed by atoms with Crippen LogP contribution in [0.15, 0.2) is 48.8 Å². The third kappa shape index (κ3) is 4.31. The monoisotopic (exact) mass is 352 g/mol. The van der Waals surface area contributed by atoms with Crippen LogP contribution in [0.3, 0.4) is 0 Å². The summed E-state index contributed by atoms with van der Waals surface area (Å²) in [6.45, 7) is 5.46. The highest BCUT2D eigenvalue weighted by Crippen LogP contribution is 2.36. The molecular formula is C22H28N2O2. The van der Waals surface area contributed by atoms with Crippen molar-refractivity contribution in [2.45, 2.75) is 45.6 Å². The van der Waals surface area contributed by atoms with Crippen LogP contribution in [0.5, 0.6) is 0 Å². The molecule has 0 saturated carbocycles. The number of nitrogens with one attached hydrogen (secondary N) is 1. The average Bonchev–Trinajstić information content (AvgIpc) is 2.69. The molecule has 2 aromatic rings. The van der Waals surface area contributed by atoms with Gasteiger partial charge in [0.1, 0.15) is 0 Å². The van der Waals surface area contributed by atoms with Crippen molar-refractivity contribution in [2.75, 3.05) is 13.2 Å². The summed E-state index contributed by atoms with van der Waals surface area (Å²) in [6, 6.07) is 12.7. The number of aromatic nitrogens is 1. The number of ether oxygens (including phenoxy) is 1. The Morgan fingerprint density at radius 2 is 1.92 bits per heavy atom. The Kier molecular flexibility index (Phi) is 6.04. The molecule has 0 aliphatic carbocycles. The second kappa shape index (κ2) is 8.45.